The molecule has 2 atom stereocenters. The molecule has 0 aromatic heterocycles. The van der Waals surface area contributed by atoms with Crippen LogP contribution in [-0.2, 0) is 4.79 Å². The average Bonchev–Trinajstić information content (AvgIpc) is 2.76. The molecule has 0 aromatic rings. The maximum absolute atomic E-state index is 11.1. The van der Waals surface area contributed by atoms with Crippen molar-refractivity contribution in [3.63, 3.8) is 0 Å². The molecule has 0 bridgehead atoms. The van der Waals surface area contributed by atoms with Gasteiger partial charge in [0.25, 0.3) is 0 Å². The van der Waals surface area contributed by atoms with E-state index in [-0.39, 0.29) is 5.92 Å². The van der Waals surface area contributed by atoms with E-state index in [1.807, 2.05) is 0 Å². The lowest BCUT2D eigenvalue weighted by Gasteiger charge is -2.28. The molecule has 0 saturated heterocycles. The molecule has 3 nitrogen and oxygen atoms in total. The van der Waals surface area contributed by atoms with Crippen molar-refractivity contribution in [2.75, 3.05) is 6.54 Å². The average molecular weight is 239 g/mol. The molecule has 0 radical (unpaired) electrons. The largest absolute Gasteiger partial charge is 0.481 e. The molecule has 0 amide bonds. The topological polar surface area (TPSA) is 49.3 Å². The summed E-state index contributed by atoms with van der Waals surface area (Å²) < 4.78 is 0. The van der Waals surface area contributed by atoms with Crippen molar-refractivity contribution < 1.29 is 9.90 Å². The van der Waals surface area contributed by atoms with Gasteiger partial charge in [0, 0.05) is 6.04 Å². The lowest BCUT2D eigenvalue weighted by Crippen LogP contribution is -2.38. The first-order valence-electron chi connectivity index (χ1n) is 7.13. The summed E-state index contributed by atoms with van der Waals surface area (Å²) in [5, 5.41) is 12.7. The Balaban J connectivity index is 1.72. The first-order valence-corrected chi connectivity index (χ1v) is 7.13. The van der Waals surface area contributed by atoms with Crippen molar-refractivity contribution >= 4 is 5.97 Å². The van der Waals surface area contributed by atoms with Gasteiger partial charge in [-0.1, -0.05) is 13.3 Å². The quantitative estimate of drug-likeness (QED) is 0.793. The molecule has 2 aliphatic rings. The van der Waals surface area contributed by atoms with E-state index in [0.717, 1.165) is 31.7 Å². The van der Waals surface area contributed by atoms with Crippen LogP contribution >= 0.6 is 0 Å². The van der Waals surface area contributed by atoms with Gasteiger partial charge in [0.2, 0.25) is 0 Å². The van der Waals surface area contributed by atoms with Crippen LogP contribution < -0.4 is 5.32 Å². The zero-order chi connectivity index (χ0) is 12.3. The molecule has 17 heavy (non-hydrogen) atoms. The number of carboxylic acids is 1. The fourth-order valence-corrected chi connectivity index (χ4v) is 3.39. The minimum Gasteiger partial charge on any atom is -0.481 e. The number of aliphatic carboxylic acids is 1. The Morgan fingerprint density at radius 3 is 2.53 bits per heavy atom. The summed E-state index contributed by atoms with van der Waals surface area (Å²) in [5.41, 5.74) is 0. The fraction of sp³-hybridized carbons (Fsp3) is 0.929. The Morgan fingerprint density at radius 1 is 1.18 bits per heavy atom. The van der Waals surface area contributed by atoms with E-state index in [1.165, 1.54) is 25.7 Å². The lowest BCUT2D eigenvalue weighted by molar-refractivity contribution is -0.142. The third-order valence-electron chi connectivity index (χ3n) is 4.66. The van der Waals surface area contributed by atoms with E-state index in [2.05, 4.69) is 12.2 Å². The molecule has 2 aliphatic carbocycles. The Morgan fingerprint density at radius 2 is 1.88 bits per heavy atom. The predicted octanol–water partition coefficient (Wildman–Crippen LogP) is 2.66. The van der Waals surface area contributed by atoms with Crippen LogP contribution in [0.15, 0.2) is 0 Å². The summed E-state index contributed by atoms with van der Waals surface area (Å²) in [4.78, 5) is 11.1. The van der Waals surface area contributed by atoms with Gasteiger partial charge >= 0.3 is 5.97 Å². The standard InChI is InChI=1S/C14H25NO2/c1-10-5-7-12(8-6-10)15-9-11-3-2-4-13(11)14(16)17/h10-13,15H,2-9H2,1H3,(H,16,17). The summed E-state index contributed by atoms with van der Waals surface area (Å²) in [5.74, 6) is 0.565. The monoisotopic (exact) mass is 239 g/mol. The van der Waals surface area contributed by atoms with Crippen LogP contribution in [0.5, 0.6) is 0 Å². The van der Waals surface area contributed by atoms with E-state index in [1.54, 1.807) is 0 Å². The van der Waals surface area contributed by atoms with Gasteiger partial charge in [-0.05, 0) is 56.9 Å². The molecule has 3 heteroatoms. The van der Waals surface area contributed by atoms with Gasteiger partial charge < -0.3 is 10.4 Å². The number of hydrogen-bond acceptors (Lipinski definition) is 2. The highest BCUT2D eigenvalue weighted by Crippen LogP contribution is 2.32. The minimum atomic E-state index is -0.591. The first-order chi connectivity index (χ1) is 8.16. The van der Waals surface area contributed by atoms with Crippen molar-refractivity contribution in [1.82, 2.24) is 5.32 Å². The molecule has 0 heterocycles. The van der Waals surface area contributed by atoms with Gasteiger partial charge in [0.15, 0.2) is 0 Å². The van der Waals surface area contributed by atoms with Crippen LogP contribution in [0, 0.1) is 17.8 Å². The molecule has 2 saturated carbocycles. The van der Waals surface area contributed by atoms with Gasteiger partial charge in [-0.15, -0.1) is 0 Å². The second kappa shape index (κ2) is 5.85. The van der Waals surface area contributed by atoms with Crippen LogP contribution in [0.2, 0.25) is 0 Å². The summed E-state index contributed by atoms with van der Waals surface area (Å²) in [6.45, 7) is 3.24. The molecule has 0 aromatic carbocycles. The molecule has 2 rings (SSSR count). The highest BCUT2D eigenvalue weighted by atomic mass is 16.4. The van der Waals surface area contributed by atoms with E-state index in [9.17, 15) is 4.79 Å². The Labute approximate surface area is 104 Å². The number of nitrogens with one attached hydrogen (secondary N) is 1. The SMILES string of the molecule is CC1CCC(NCC2CCCC2C(=O)O)CC1. The van der Waals surface area contributed by atoms with Gasteiger partial charge in [-0.3, -0.25) is 4.79 Å². The van der Waals surface area contributed by atoms with E-state index >= 15 is 0 Å². The van der Waals surface area contributed by atoms with Gasteiger partial charge in [0.05, 0.1) is 5.92 Å². The normalized spacial score (nSPS) is 38.2. The van der Waals surface area contributed by atoms with Crippen molar-refractivity contribution in [2.45, 2.75) is 57.9 Å². The molecule has 2 fully saturated rings. The van der Waals surface area contributed by atoms with Gasteiger partial charge in [-0.2, -0.15) is 0 Å². The van der Waals surface area contributed by atoms with E-state index in [0.29, 0.717) is 12.0 Å². The predicted molar refractivity (Wildman–Crippen MR) is 67.9 cm³/mol. The van der Waals surface area contributed by atoms with Crippen molar-refractivity contribution in [3.05, 3.63) is 0 Å². The van der Waals surface area contributed by atoms with Crippen molar-refractivity contribution in [1.29, 1.82) is 0 Å². The smallest absolute Gasteiger partial charge is 0.306 e. The van der Waals surface area contributed by atoms with Gasteiger partial charge in [0.1, 0.15) is 0 Å². The Kier molecular flexibility index (Phi) is 4.43. The minimum absolute atomic E-state index is 0.0926. The zero-order valence-electron chi connectivity index (χ0n) is 10.8. The number of rotatable bonds is 4. The summed E-state index contributed by atoms with van der Waals surface area (Å²) in [7, 11) is 0. The molecule has 2 unspecified atom stereocenters. The van der Waals surface area contributed by atoms with Crippen molar-refractivity contribution in [3.8, 4) is 0 Å². The third kappa shape index (κ3) is 3.44. The van der Waals surface area contributed by atoms with E-state index in [4.69, 9.17) is 5.11 Å². The second-order valence-corrected chi connectivity index (χ2v) is 6.00. The number of carbonyl (C=O) groups is 1. The zero-order valence-corrected chi connectivity index (χ0v) is 10.8. The van der Waals surface area contributed by atoms with Crippen LogP contribution in [0.25, 0.3) is 0 Å². The van der Waals surface area contributed by atoms with Crippen LogP contribution in [0.3, 0.4) is 0 Å². The first kappa shape index (κ1) is 12.9. The Hall–Kier alpha value is -0.570. The second-order valence-electron chi connectivity index (χ2n) is 6.00. The molecule has 98 valence electrons. The summed E-state index contributed by atoms with van der Waals surface area (Å²) in [6.07, 6.45) is 8.24. The molecular weight excluding hydrogens is 214 g/mol. The Bertz CT molecular complexity index is 259. The van der Waals surface area contributed by atoms with E-state index < -0.39 is 5.97 Å². The highest BCUT2D eigenvalue weighted by Gasteiger charge is 2.33. The van der Waals surface area contributed by atoms with Crippen LogP contribution in [-0.4, -0.2) is 23.7 Å². The number of carboxylic acid groups (broad SMARTS) is 1. The highest BCUT2D eigenvalue weighted by molar-refractivity contribution is 5.70. The molecular formula is C14H25NO2. The fourth-order valence-electron chi connectivity index (χ4n) is 3.39. The van der Waals surface area contributed by atoms with Crippen molar-refractivity contribution in [2.24, 2.45) is 17.8 Å². The van der Waals surface area contributed by atoms with Gasteiger partial charge in [-0.25, -0.2) is 0 Å². The molecule has 2 N–H and O–H groups in total. The maximum Gasteiger partial charge on any atom is 0.306 e. The third-order valence-corrected chi connectivity index (χ3v) is 4.66. The summed E-state index contributed by atoms with van der Waals surface area (Å²) >= 11 is 0. The maximum atomic E-state index is 11.1. The lowest BCUT2D eigenvalue weighted by atomic mass is 9.87. The molecule has 0 aliphatic heterocycles. The summed E-state index contributed by atoms with van der Waals surface area (Å²) in [6, 6.07) is 0.640. The number of hydrogen-bond donors (Lipinski definition) is 2. The van der Waals surface area contributed by atoms with Crippen LogP contribution in [0.1, 0.15) is 51.9 Å². The molecule has 0 spiro atoms. The van der Waals surface area contributed by atoms with Crippen LogP contribution in [0.4, 0.5) is 0 Å².